The summed E-state index contributed by atoms with van der Waals surface area (Å²) in [7, 11) is -3.79. The Balaban J connectivity index is 1.71. The van der Waals surface area contributed by atoms with Gasteiger partial charge >= 0.3 is 0 Å². The molecule has 0 atom stereocenters. The number of carbonyl (C=O) groups excluding carboxylic acids is 1. The first-order valence-electron chi connectivity index (χ1n) is 10.8. The number of hydrogen-bond acceptors (Lipinski definition) is 7. The van der Waals surface area contributed by atoms with E-state index in [1.165, 1.54) is 28.6 Å². The van der Waals surface area contributed by atoms with Crippen molar-refractivity contribution in [2.45, 2.75) is 24.7 Å². The van der Waals surface area contributed by atoms with Gasteiger partial charge in [0, 0.05) is 44.0 Å². The van der Waals surface area contributed by atoms with E-state index in [0.29, 0.717) is 30.2 Å². The number of morpholine rings is 1. The fraction of sp³-hybridized carbons (Fsp3) is 0.409. The highest BCUT2D eigenvalue weighted by Gasteiger charge is 2.29. The lowest BCUT2D eigenvalue weighted by molar-refractivity contribution is -0.384. The molecule has 2 aromatic rings. The number of hydrogen-bond donors (Lipinski definition) is 1. The maximum absolute atomic E-state index is 13.3. The van der Waals surface area contributed by atoms with Crippen LogP contribution in [0.2, 0.25) is 0 Å². The molecule has 2 aliphatic rings. The number of nitrogens with one attached hydrogen (secondary N) is 1. The van der Waals surface area contributed by atoms with Crippen LogP contribution < -0.4 is 10.2 Å². The van der Waals surface area contributed by atoms with Crippen molar-refractivity contribution in [2.75, 3.05) is 49.6 Å². The van der Waals surface area contributed by atoms with Crippen LogP contribution in [-0.2, 0) is 14.8 Å². The van der Waals surface area contributed by atoms with Gasteiger partial charge in [0.15, 0.2) is 0 Å². The summed E-state index contributed by atoms with van der Waals surface area (Å²) in [4.78, 5) is 26.1. The van der Waals surface area contributed by atoms with Gasteiger partial charge in [0.1, 0.15) is 0 Å². The Morgan fingerprint density at radius 1 is 1.06 bits per heavy atom. The van der Waals surface area contributed by atoms with E-state index >= 15 is 0 Å². The number of non-ortho nitro benzene ring substituents is 1. The molecule has 0 saturated carbocycles. The molecule has 0 aliphatic carbocycles. The largest absolute Gasteiger partial charge is 0.379 e. The van der Waals surface area contributed by atoms with E-state index in [9.17, 15) is 23.3 Å². The van der Waals surface area contributed by atoms with Gasteiger partial charge in [-0.3, -0.25) is 14.9 Å². The summed E-state index contributed by atoms with van der Waals surface area (Å²) in [6, 6.07) is 8.85. The van der Waals surface area contributed by atoms with E-state index < -0.39 is 20.9 Å². The number of carbonyl (C=O) groups is 1. The zero-order valence-corrected chi connectivity index (χ0v) is 19.1. The van der Waals surface area contributed by atoms with Gasteiger partial charge in [-0.2, -0.15) is 4.31 Å². The molecule has 0 aromatic heterocycles. The lowest BCUT2D eigenvalue weighted by Crippen LogP contribution is -2.40. The molecule has 2 heterocycles. The van der Waals surface area contributed by atoms with Gasteiger partial charge in [0.25, 0.3) is 11.6 Å². The summed E-state index contributed by atoms with van der Waals surface area (Å²) in [6.07, 6.45) is 1.97. The molecule has 1 N–H and O–H groups in total. The highest BCUT2D eigenvalue weighted by atomic mass is 32.2. The molecule has 1 amide bonds. The maximum atomic E-state index is 13.3. The Labute approximate surface area is 192 Å². The second-order valence-electron chi connectivity index (χ2n) is 8.10. The minimum absolute atomic E-state index is 0.0354. The molecule has 0 radical (unpaired) electrons. The number of rotatable bonds is 6. The average Bonchev–Trinajstić information content (AvgIpc) is 3.35. The molecule has 0 bridgehead atoms. The Hall–Kier alpha value is -3.02. The summed E-state index contributed by atoms with van der Waals surface area (Å²) in [5, 5.41) is 13.9. The zero-order valence-electron chi connectivity index (χ0n) is 18.3. The number of anilines is 2. The number of benzene rings is 2. The monoisotopic (exact) mass is 474 g/mol. The summed E-state index contributed by atoms with van der Waals surface area (Å²) < 4.78 is 33.0. The average molecular weight is 475 g/mol. The van der Waals surface area contributed by atoms with Gasteiger partial charge in [-0.15, -0.1) is 0 Å². The Kier molecular flexibility index (Phi) is 6.63. The zero-order chi connectivity index (χ0) is 23.6. The van der Waals surface area contributed by atoms with Gasteiger partial charge in [0.05, 0.1) is 34.3 Å². The van der Waals surface area contributed by atoms with E-state index in [2.05, 4.69) is 10.2 Å². The van der Waals surface area contributed by atoms with E-state index in [1.807, 2.05) is 0 Å². The van der Waals surface area contributed by atoms with E-state index in [4.69, 9.17) is 4.74 Å². The first-order chi connectivity index (χ1) is 15.8. The maximum Gasteiger partial charge on any atom is 0.271 e. The predicted molar refractivity (Wildman–Crippen MR) is 123 cm³/mol. The van der Waals surface area contributed by atoms with Gasteiger partial charge in [-0.25, -0.2) is 8.42 Å². The van der Waals surface area contributed by atoms with Crippen LogP contribution in [0.25, 0.3) is 0 Å². The standard InChI is InChI=1S/C22H26N4O6S/c1-16-4-5-17(26(28)29)14-20(16)23-22(27)19-15-18(6-7-21(19)24-8-2-3-9-24)33(30,31)25-10-12-32-13-11-25/h4-7,14-15H,2-3,8-13H2,1H3,(H,23,27). The molecule has 2 aromatic carbocycles. The van der Waals surface area contributed by atoms with Crippen molar-refractivity contribution in [2.24, 2.45) is 0 Å². The van der Waals surface area contributed by atoms with Gasteiger partial charge in [-0.1, -0.05) is 6.07 Å². The third-order valence-corrected chi connectivity index (χ3v) is 7.84. The Morgan fingerprint density at radius 2 is 1.76 bits per heavy atom. The molecular weight excluding hydrogens is 448 g/mol. The first kappa shape index (κ1) is 23.1. The summed E-state index contributed by atoms with van der Waals surface area (Å²) >= 11 is 0. The van der Waals surface area contributed by atoms with Crippen molar-refractivity contribution in [3.05, 3.63) is 57.6 Å². The third-order valence-electron chi connectivity index (χ3n) is 5.95. The summed E-state index contributed by atoms with van der Waals surface area (Å²) in [5.41, 5.74) is 1.70. The third kappa shape index (κ3) is 4.85. The van der Waals surface area contributed by atoms with Crippen LogP contribution in [0.4, 0.5) is 17.1 Å². The van der Waals surface area contributed by atoms with Crippen molar-refractivity contribution >= 4 is 33.0 Å². The Bertz CT molecular complexity index is 1170. The molecule has 33 heavy (non-hydrogen) atoms. The summed E-state index contributed by atoms with van der Waals surface area (Å²) in [6.45, 7) is 4.43. The van der Waals surface area contributed by atoms with Crippen molar-refractivity contribution in [1.29, 1.82) is 0 Å². The summed E-state index contributed by atoms with van der Waals surface area (Å²) in [5.74, 6) is -0.514. The number of nitro benzene ring substituents is 1. The fourth-order valence-corrected chi connectivity index (χ4v) is 5.51. The van der Waals surface area contributed by atoms with Crippen molar-refractivity contribution < 1.29 is 22.9 Å². The van der Waals surface area contributed by atoms with Crippen LogP contribution in [0.3, 0.4) is 0 Å². The van der Waals surface area contributed by atoms with E-state index in [-0.39, 0.29) is 29.2 Å². The van der Waals surface area contributed by atoms with Crippen LogP contribution in [-0.4, -0.2) is 62.9 Å². The van der Waals surface area contributed by atoms with Crippen molar-refractivity contribution in [1.82, 2.24) is 4.31 Å². The van der Waals surface area contributed by atoms with Crippen LogP contribution in [0.1, 0.15) is 28.8 Å². The van der Waals surface area contributed by atoms with Crippen molar-refractivity contribution in [3.8, 4) is 0 Å². The fourth-order valence-electron chi connectivity index (χ4n) is 4.08. The highest BCUT2D eigenvalue weighted by Crippen LogP contribution is 2.30. The molecule has 176 valence electrons. The van der Waals surface area contributed by atoms with E-state index in [1.54, 1.807) is 19.1 Å². The molecule has 2 saturated heterocycles. The lowest BCUT2D eigenvalue weighted by atomic mass is 10.1. The molecule has 2 fully saturated rings. The molecule has 0 spiro atoms. The quantitative estimate of drug-likeness (QED) is 0.505. The molecule has 10 nitrogen and oxygen atoms in total. The second kappa shape index (κ2) is 9.46. The molecular formula is C22H26N4O6S. The van der Waals surface area contributed by atoms with Crippen LogP contribution in [0.5, 0.6) is 0 Å². The van der Waals surface area contributed by atoms with Gasteiger partial charge in [-0.05, 0) is 43.5 Å². The smallest absolute Gasteiger partial charge is 0.271 e. The number of amides is 1. The number of sulfonamides is 1. The number of nitrogens with zero attached hydrogens (tertiary/aromatic N) is 3. The second-order valence-corrected chi connectivity index (χ2v) is 10.0. The SMILES string of the molecule is Cc1ccc([N+](=O)[O-])cc1NC(=O)c1cc(S(=O)(=O)N2CCOCC2)ccc1N1CCCC1. The molecule has 0 unspecified atom stereocenters. The molecule has 11 heteroatoms. The van der Waals surface area contributed by atoms with Gasteiger partial charge in [0.2, 0.25) is 10.0 Å². The Morgan fingerprint density at radius 3 is 2.42 bits per heavy atom. The predicted octanol–water partition coefficient (Wildman–Crippen LogP) is 2.78. The van der Waals surface area contributed by atoms with Crippen LogP contribution >= 0.6 is 0 Å². The normalized spacial score (nSPS) is 17.2. The first-order valence-corrected chi connectivity index (χ1v) is 12.2. The number of aryl methyl sites for hydroxylation is 1. The minimum Gasteiger partial charge on any atom is -0.379 e. The van der Waals surface area contributed by atoms with Crippen LogP contribution in [0, 0.1) is 17.0 Å². The van der Waals surface area contributed by atoms with Gasteiger partial charge < -0.3 is 15.0 Å². The topological polar surface area (TPSA) is 122 Å². The highest BCUT2D eigenvalue weighted by molar-refractivity contribution is 7.89. The molecule has 4 rings (SSSR count). The van der Waals surface area contributed by atoms with Crippen molar-refractivity contribution in [3.63, 3.8) is 0 Å². The minimum atomic E-state index is -3.79. The lowest BCUT2D eigenvalue weighted by Gasteiger charge is -2.27. The number of ether oxygens (including phenoxy) is 1. The van der Waals surface area contributed by atoms with E-state index in [0.717, 1.165) is 25.9 Å². The number of nitro groups is 1. The molecule has 2 aliphatic heterocycles. The van der Waals surface area contributed by atoms with Crippen LogP contribution in [0.15, 0.2) is 41.3 Å².